The average molecular weight is 597 g/mol. The molecule has 1 heterocycles. The van der Waals surface area contributed by atoms with E-state index in [4.69, 9.17) is 25.8 Å². The molecule has 216 valence electrons. The first-order valence-electron chi connectivity index (χ1n) is 13.3. The Bertz CT molecular complexity index is 1350. The van der Waals surface area contributed by atoms with Crippen molar-refractivity contribution in [3.8, 4) is 5.75 Å². The number of benzene rings is 3. The first-order chi connectivity index (χ1) is 19.8. The van der Waals surface area contributed by atoms with Crippen molar-refractivity contribution >= 4 is 47.0 Å². The first kappa shape index (κ1) is 30.3. The minimum Gasteiger partial charge on any atom is -0.497 e. The number of rotatable bonds is 10. The molecule has 2 amide bonds. The number of amides is 2. The van der Waals surface area contributed by atoms with Crippen molar-refractivity contribution < 1.29 is 28.6 Å². The number of likely N-dealkylation sites (N-methyl/N-ethyl adjacent to an activating group) is 1. The van der Waals surface area contributed by atoms with Gasteiger partial charge in [0, 0.05) is 36.5 Å². The van der Waals surface area contributed by atoms with Gasteiger partial charge < -0.3 is 24.0 Å². The zero-order valence-corrected chi connectivity index (χ0v) is 24.8. The Morgan fingerprint density at radius 3 is 2.46 bits per heavy atom. The van der Waals surface area contributed by atoms with Gasteiger partial charge in [0.15, 0.2) is 6.10 Å². The molecule has 0 spiro atoms. The zero-order valence-electron chi connectivity index (χ0n) is 23.2. The fourth-order valence-electron chi connectivity index (χ4n) is 4.36. The van der Waals surface area contributed by atoms with Crippen LogP contribution in [0.3, 0.4) is 0 Å². The Morgan fingerprint density at radius 2 is 1.78 bits per heavy atom. The molecule has 0 N–H and O–H groups in total. The third-order valence-electron chi connectivity index (χ3n) is 6.58. The number of halogens is 1. The van der Waals surface area contributed by atoms with E-state index in [2.05, 4.69) is 0 Å². The molecule has 1 aliphatic heterocycles. The summed E-state index contributed by atoms with van der Waals surface area (Å²) in [6.45, 7) is 2.36. The lowest BCUT2D eigenvalue weighted by Crippen LogP contribution is -2.46. The number of thioether (sulfide) groups is 1. The lowest BCUT2D eigenvalue weighted by Gasteiger charge is -2.29. The van der Waals surface area contributed by atoms with Crippen molar-refractivity contribution in [2.24, 2.45) is 0 Å². The third kappa shape index (κ3) is 7.74. The number of anilines is 1. The molecule has 0 unspecified atom stereocenters. The van der Waals surface area contributed by atoms with Crippen LogP contribution in [0.2, 0.25) is 5.02 Å². The summed E-state index contributed by atoms with van der Waals surface area (Å²) in [4.78, 5) is 43.3. The summed E-state index contributed by atoms with van der Waals surface area (Å²) in [5, 5.41) is -0.0230. The number of hydrogen-bond acceptors (Lipinski definition) is 7. The van der Waals surface area contributed by atoms with Crippen LogP contribution in [-0.4, -0.2) is 56.2 Å². The highest BCUT2D eigenvalue weighted by Gasteiger charge is 2.41. The van der Waals surface area contributed by atoms with Crippen LogP contribution < -0.4 is 9.64 Å². The molecule has 0 radical (unpaired) electrons. The molecule has 3 aromatic carbocycles. The van der Waals surface area contributed by atoms with Gasteiger partial charge in [-0.3, -0.25) is 9.59 Å². The lowest BCUT2D eigenvalue weighted by molar-refractivity contribution is -0.155. The Kier molecular flexibility index (Phi) is 10.5. The summed E-state index contributed by atoms with van der Waals surface area (Å²) in [6.07, 6.45) is -0.827. The van der Waals surface area contributed by atoms with Crippen LogP contribution in [0.5, 0.6) is 5.75 Å². The fraction of sp³-hybridized carbons (Fsp3) is 0.323. The summed E-state index contributed by atoms with van der Waals surface area (Å²) in [7, 11) is 3.20. The molecule has 0 bridgehead atoms. The maximum Gasteiger partial charge on any atom is 0.409 e. The maximum atomic E-state index is 14.2. The fourth-order valence-corrected chi connectivity index (χ4v) is 5.95. The van der Waals surface area contributed by atoms with Crippen LogP contribution in [0.15, 0.2) is 77.7 Å². The van der Waals surface area contributed by atoms with Crippen molar-refractivity contribution in [2.75, 3.05) is 32.1 Å². The van der Waals surface area contributed by atoms with Crippen molar-refractivity contribution in [1.29, 1.82) is 0 Å². The van der Waals surface area contributed by atoms with E-state index in [-0.39, 0.29) is 32.0 Å². The molecule has 0 aliphatic carbocycles. The molecule has 2 atom stereocenters. The number of carbonyl (C=O) groups excluding carboxylic acids is 3. The van der Waals surface area contributed by atoms with E-state index in [9.17, 15) is 14.4 Å². The van der Waals surface area contributed by atoms with Gasteiger partial charge in [0.05, 0.1) is 18.0 Å². The van der Waals surface area contributed by atoms with Gasteiger partial charge in [-0.1, -0.05) is 61.0 Å². The van der Waals surface area contributed by atoms with Gasteiger partial charge >= 0.3 is 12.1 Å². The van der Waals surface area contributed by atoms with Gasteiger partial charge in [0.25, 0.3) is 5.91 Å². The van der Waals surface area contributed by atoms with E-state index in [0.29, 0.717) is 22.9 Å². The van der Waals surface area contributed by atoms with Crippen LogP contribution in [0, 0.1) is 0 Å². The number of nitrogens with zero attached hydrogens (tertiary/aromatic N) is 2. The summed E-state index contributed by atoms with van der Waals surface area (Å²) >= 11 is 7.79. The summed E-state index contributed by atoms with van der Waals surface area (Å²) < 4.78 is 16.6. The van der Waals surface area contributed by atoms with Crippen LogP contribution in [0.1, 0.15) is 36.1 Å². The largest absolute Gasteiger partial charge is 0.497 e. The molecule has 10 heteroatoms. The van der Waals surface area contributed by atoms with Crippen molar-refractivity contribution in [1.82, 2.24) is 4.90 Å². The first-order valence-corrected chi connectivity index (χ1v) is 14.6. The minimum atomic E-state index is -1.10. The highest BCUT2D eigenvalue weighted by atomic mass is 35.5. The van der Waals surface area contributed by atoms with Crippen molar-refractivity contribution in [3.63, 3.8) is 0 Å². The van der Waals surface area contributed by atoms with E-state index in [1.54, 1.807) is 37.3 Å². The SMILES string of the molecule is CCCC(=O)O[C@@H]1C(=O)N(CCN(C)C(=O)OCc2ccccc2)c2ccc(Cl)cc2S[C@@H]1c1ccc(OC)cc1. The molecule has 0 saturated heterocycles. The summed E-state index contributed by atoms with van der Waals surface area (Å²) in [6, 6.07) is 22.0. The molecule has 1 aliphatic rings. The van der Waals surface area contributed by atoms with E-state index >= 15 is 0 Å². The summed E-state index contributed by atoms with van der Waals surface area (Å²) in [5.41, 5.74) is 2.30. The minimum absolute atomic E-state index is 0.142. The van der Waals surface area contributed by atoms with Gasteiger partial charge in [0.2, 0.25) is 0 Å². The number of esters is 1. The van der Waals surface area contributed by atoms with E-state index in [1.807, 2.05) is 61.5 Å². The topological polar surface area (TPSA) is 85.4 Å². The second-order valence-electron chi connectivity index (χ2n) is 9.54. The van der Waals surface area contributed by atoms with Gasteiger partial charge in [0.1, 0.15) is 12.4 Å². The lowest BCUT2D eigenvalue weighted by atomic mass is 10.1. The summed E-state index contributed by atoms with van der Waals surface area (Å²) in [5.74, 6) is -0.157. The Hall–Kier alpha value is -3.69. The van der Waals surface area contributed by atoms with Crippen LogP contribution in [0.25, 0.3) is 0 Å². The highest BCUT2D eigenvalue weighted by Crippen LogP contribution is 2.47. The Balaban J connectivity index is 1.60. The zero-order chi connectivity index (χ0) is 29.4. The molecule has 0 fully saturated rings. The highest BCUT2D eigenvalue weighted by molar-refractivity contribution is 7.99. The molecule has 0 saturated carbocycles. The van der Waals surface area contributed by atoms with Gasteiger partial charge in [-0.05, 0) is 47.9 Å². The predicted molar refractivity (Wildman–Crippen MR) is 159 cm³/mol. The molecule has 4 rings (SSSR count). The van der Waals surface area contributed by atoms with Gasteiger partial charge in [-0.15, -0.1) is 11.8 Å². The molecule has 41 heavy (non-hydrogen) atoms. The van der Waals surface area contributed by atoms with Crippen LogP contribution in [-0.2, 0) is 25.7 Å². The van der Waals surface area contributed by atoms with Crippen LogP contribution in [0.4, 0.5) is 10.5 Å². The average Bonchev–Trinajstić information content (AvgIpc) is 3.09. The van der Waals surface area contributed by atoms with Crippen LogP contribution >= 0.6 is 23.4 Å². The molecule has 3 aromatic rings. The third-order valence-corrected chi connectivity index (χ3v) is 8.17. The number of hydrogen-bond donors (Lipinski definition) is 0. The quantitative estimate of drug-likeness (QED) is 0.247. The number of methoxy groups -OCH3 is 1. The predicted octanol–water partition coefficient (Wildman–Crippen LogP) is 6.51. The van der Waals surface area contributed by atoms with E-state index < -0.39 is 23.4 Å². The molecular weight excluding hydrogens is 564 g/mol. The number of fused-ring (bicyclic) bond motifs is 1. The standard InChI is InChI=1S/C31H33ClN2O6S/c1-4-8-27(35)40-28-29(22-11-14-24(38-3)15-12-22)41-26-19-23(32)13-16-25(26)34(30(28)36)18-17-33(2)31(37)39-20-21-9-6-5-7-10-21/h5-7,9-16,19,28-29H,4,8,17-18,20H2,1-3H3/t28-,29+/m0/s1. The van der Waals surface area contributed by atoms with E-state index in [0.717, 1.165) is 16.0 Å². The van der Waals surface area contributed by atoms with Gasteiger partial charge in [-0.25, -0.2) is 4.79 Å². The Labute approximate surface area is 249 Å². The monoisotopic (exact) mass is 596 g/mol. The van der Waals surface area contributed by atoms with Crippen molar-refractivity contribution in [2.45, 2.75) is 42.6 Å². The molecular formula is C31H33ClN2O6S. The number of ether oxygens (including phenoxy) is 3. The molecule has 0 aromatic heterocycles. The smallest absolute Gasteiger partial charge is 0.409 e. The van der Waals surface area contributed by atoms with E-state index in [1.165, 1.54) is 16.7 Å². The van der Waals surface area contributed by atoms with Crippen molar-refractivity contribution in [3.05, 3.63) is 88.9 Å². The second kappa shape index (κ2) is 14.3. The van der Waals surface area contributed by atoms with Gasteiger partial charge in [-0.2, -0.15) is 0 Å². The second-order valence-corrected chi connectivity index (χ2v) is 11.2. The molecule has 8 nitrogen and oxygen atoms in total. The number of carbonyl (C=O) groups is 3. The normalized spacial score (nSPS) is 16.4. The Morgan fingerprint density at radius 1 is 1.05 bits per heavy atom. The maximum absolute atomic E-state index is 14.2.